The standard InChI is InChI=1S/C21H26N4O4/c22-6-15-9-24(10-21(15)11-29-12-21)7-13-1-2-14-8-25(20(28)16(14)5-13)17-3-4-18(26)23-19(17)27/h1-2,5,15,17H,3-4,6-12,22H2,(H,23,26,27). The van der Waals surface area contributed by atoms with E-state index in [1.165, 1.54) is 0 Å². The summed E-state index contributed by atoms with van der Waals surface area (Å²) in [6.07, 6.45) is 0.653. The van der Waals surface area contributed by atoms with Crippen molar-refractivity contribution in [3.8, 4) is 0 Å². The van der Waals surface area contributed by atoms with Gasteiger partial charge in [0.1, 0.15) is 6.04 Å². The van der Waals surface area contributed by atoms with Crippen LogP contribution in [0.4, 0.5) is 0 Å². The van der Waals surface area contributed by atoms with Crippen LogP contribution in [-0.2, 0) is 27.4 Å². The number of fused-ring (bicyclic) bond motifs is 1. The highest BCUT2D eigenvalue weighted by Gasteiger charge is 2.51. The summed E-state index contributed by atoms with van der Waals surface area (Å²) >= 11 is 0. The summed E-state index contributed by atoms with van der Waals surface area (Å²) in [6.45, 7) is 5.36. The van der Waals surface area contributed by atoms with Gasteiger partial charge in [0, 0.05) is 43.6 Å². The van der Waals surface area contributed by atoms with Gasteiger partial charge >= 0.3 is 0 Å². The first-order valence-electron chi connectivity index (χ1n) is 10.3. The number of ether oxygens (including phenoxy) is 1. The van der Waals surface area contributed by atoms with E-state index in [0.717, 1.165) is 44.0 Å². The van der Waals surface area contributed by atoms with Crippen LogP contribution in [0.1, 0.15) is 34.3 Å². The number of carbonyl (C=O) groups excluding carboxylic acids is 3. The van der Waals surface area contributed by atoms with Gasteiger partial charge in [0.2, 0.25) is 11.8 Å². The lowest BCUT2D eigenvalue weighted by Crippen LogP contribution is -2.52. The molecule has 3 N–H and O–H groups in total. The highest BCUT2D eigenvalue weighted by molar-refractivity contribution is 6.05. The van der Waals surface area contributed by atoms with Gasteiger partial charge < -0.3 is 15.4 Å². The van der Waals surface area contributed by atoms with Crippen LogP contribution >= 0.6 is 0 Å². The first-order chi connectivity index (χ1) is 14.0. The maximum Gasteiger partial charge on any atom is 0.255 e. The lowest BCUT2D eigenvalue weighted by atomic mass is 9.76. The van der Waals surface area contributed by atoms with Crippen molar-refractivity contribution in [1.29, 1.82) is 0 Å². The number of likely N-dealkylation sites (tertiary alicyclic amines) is 1. The normalized spacial score (nSPS) is 28.6. The molecule has 1 spiro atoms. The molecular weight excluding hydrogens is 372 g/mol. The largest absolute Gasteiger partial charge is 0.380 e. The second-order valence-electron chi connectivity index (χ2n) is 8.85. The molecule has 8 heteroatoms. The quantitative estimate of drug-likeness (QED) is 0.684. The molecule has 4 aliphatic heterocycles. The van der Waals surface area contributed by atoms with E-state index in [-0.39, 0.29) is 29.6 Å². The highest BCUT2D eigenvalue weighted by atomic mass is 16.5. The molecule has 8 nitrogen and oxygen atoms in total. The van der Waals surface area contributed by atoms with Crippen LogP contribution in [0.15, 0.2) is 18.2 Å². The molecule has 154 valence electrons. The van der Waals surface area contributed by atoms with Crippen molar-refractivity contribution in [2.75, 3.05) is 32.8 Å². The van der Waals surface area contributed by atoms with Gasteiger partial charge in [0.15, 0.2) is 0 Å². The third-order valence-corrected chi connectivity index (χ3v) is 6.95. The number of nitrogens with one attached hydrogen (secondary N) is 1. The molecule has 29 heavy (non-hydrogen) atoms. The van der Waals surface area contributed by atoms with Gasteiger partial charge in [-0.05, 0) is 36.1 Å². The molecule has 4 aliphatic rings. The number of nitrogens with two attached hydrogens (primary N) is 1. The molecule has 1 aromatic rings. The molecule has 0 bridgehead atoms. The highest BCUT2D eigenvalue weighted by Crippen LogP contribution is 2.42. The van der Waals surface area contributed by atoms with E-state index in [4.69, 9.17) is 10.5 Å². The zero-order valence-electron chi connectivity index (χ0n) is 16.4. The SMILES string of the molecule is NCC1CN(Cc2ccc3c(c2)C(=O)N(C2CCC(=O)NC2=O)C3)CC12COC2. The molecule has 1 aromatic carbocycles. The summed E-state index contributed by atoms with van der Waals surface area (Å²) in [7, 11) is 0. The number of nitrogens with zero attached hydrogens (tertiary/aromatic N) is 2. The number of amides is 3. The molecule has 5 rings (SSSR count). The third-order valence-electron chi connectivity index (χ3n) is 6.95. The average molecular weight is 398 g/mol. The first-order valence-corrected chi connectivity index (χ1v) is 10.3. The van der Waals surface area contributed by atoms with Gasteiger partial charge in [-0.25, -0.2) is 0 Å². The van der Waals surface area contributed by atoms with E-state index < -0.39 is 6.04 Å². The zero-order valence-corrected chi connectivity index (χ0v) is 16.4. The minimum atomic E-state index is -0.571. The number of carbonyl (C=O) groups is 3. The molecule has 3 amide bonds. The fourth-order valence-corrected chi connectivity index (χ4v) is 5.24. The summed E-state index contributed by atoms with van der Waals surface area (Å²) in [4.78, 5) is 40.6. The first kappa shape index (κ1) is 18.7. The van der Waals surface area contributed by atoms with Crippen LogP contribution in [0.2, 0.25) is 0 Å². The number of rotatable bonds is 4. The van der Waals surface area contributed by atoms with Gasteiger partial charge in [-0.3, -0.25) is 24.6 Å². The van der Waals surface area contributed by atoms with Crippen molar-refractivity contribution in [3.63, 3.8) is 0 Å². The minimum absolute atomic E-state index is 0.124. The van der Waals surface area contributed by atoms with Crippen molar-refractivity contribution in [1.82, 2.24) is 15.1 Å². The van der Waals surface area contributed by atoms with Crippen molar-refractivity contribution in [3.05, 3.63) is 34.9 Å². The molecule has 3 fully saturated rings. The molecule has 0 aliphatic carbocycles. The number of hydrogen-bond acceptors (Lipinski definition) is 6. The van der Waals surface area contributed by atoms with E-state index in [1.54, 1.807) is 4.90 Å². The van der Waals surface area contributed by atoms with Crippen LogP contribution < -0.4 is 11.1 Å². The second-order valence-corrected chi connectivity index (χ2v) is 8.85. The Balaban J connectivity index is 1.30. The Morgan fingerprint density at radius 1 is 1.24 bits per heavy atom. The van der Waals surface area contributed by atoms with Crippen LogP contribution in [0.5, 0.6) is 0 Å². The van der Waals surface area contributed by atoms with Crippen LogP contribution in [0.3, 0.4) is 0 Å². The van der Waals surface area contributed by atoms with Crippen molar-refractivity contribution >= 4 is 17.7 Å². The smallest absolute Gasteiger partial charge is 0.255 e. The van der Waals surface area contributed by atoms with Crippen molar-refractivity contribution < 1.29 is 19.1 Å². The van der Waals surface area contributed by atoms with E-state index in [9.17, 15) is 14.4 Å². The molecule has 0 saturated carbocycles. The molecule has 0 radical (unpaired) electrons. The predicted molar refractivity (Wildman–Crippen MR) is 104 cm³/mol. The van der Waals surface area contributed by atoms with Crippen LogP contribution in [0.25, 0.3) is 0 Å². The molecule has 3 saturated heterocycles. The molecule has 2 unspecified atom stereocenters. The maximum absolute atomic E-state index is 13.0. The number of benzene rings is 1. The fourth-order valence-electron chi connectivity index (χ4n) is 5.24. The summed E-state index contributed by atoms with van der Waals surface area (Å²) in [6, 6.07) is 5.45. The van der Waals surface area contributed by atoms with E-state index in [0.29, 0.717) is 31.0 Å². The monoisotopic (exact) mass is 398 g/mol. The van der Waals surface area contributed by atoms with E-state index in [2.05, 4.69) is 16.3 Å². The molecule has 0 aromatic heterocycles. The minimum Gasteiger partial charge on any atom is -0.380 e. The maximum atomic E-state index is 13.0. The van der Waals surface area contributed by atoms with E-state index >= 15 is 0 Å². The lowest BCUT2D eigenvalue weighted by Gasteiger charge is -2.42. The number of piperidine rings is 1. The lowest BCUT2D eigenvalue weighted by molar-refractivity contribution is -0.136. The van der Waals surface area contributed by atoms with Gasteiger partial charge in [0.05, 0.1) is 13.2 Å². The van der Waals surface area contributed by atoms with Crippen LogP contribution in [-0.4, -0.2) is 66.4 Å². The number of imide groups is 1. The summed E-state index contributed by atoms with van der Waals surface area (Å²) in [5.74, 6) is -0.314. The second kappa shape index (κ2) is 6.90. The van der Waals surface area contributed by atoms with Crippen molar-refractivity contribution in [2.45, 2.75) is 32.0 Å². The molecule has 4 heterocycles. The Hall–Kier alpha value is -2.29. The Labute approximate surface area is 169 Å². The van der Waals surface area contributed by atoms with Crippen molar-refractivity contribution in [2.24, 2.45) is 17.1 Å². The average Bonchev–Trinajstić information content (AvgIpc) is 3.20. The van der Waals surface area contributed by atoms with Gasteiger partial charge in [-0.2, -0.15) is 0 Å². The van der Waals surface area contributed by atoms with Gasteiger partial charge in [-0.15, -0.1) is 0 Å². The molecule has 2 atom stereocenters. The molecular formula is C21H26N4O4. The van der Waals surface area contributed by atoms with E-state index in [1.807, 2.05) is 12.1 Å². The zero-order chi connectivity index (χ0) is 20.2. The predicted octanol–water partition coefficient (Wildman–Crippen LogP) is -0.145. The fraction of sp³-hybridized carbons (Fsp3) is 0.571. The summed E-state index contributed by atoms with van der Waals surface area (Å²) < 4.78 is 5.46. The topological polar surface area (TPSA) is 105 Å². The Morgan fingerprint density at radius 2 is 2.07 bits per heavy atom. The Bertz CT molecular complexity index is 881. The Kier molecular flexibility index (Phi) is 4.45. The van der Waals surface area contributed by atoms with Gasteiger partial charge in [0.25, 0.3) is 5.91 Å². The third kappa shape index (κ3) is 3.06. The Morgan fingerprint density at radius 3 is 2.72 bits per heavy atom. The number of hydrogen-bond donors (Lipinski definition) is 2. The summed E-state index contributed by atoms with van der Waals surface area (Å²) in [5.41, 5.74) is 8.89. The van der Waals surface area contributed by atoms with Crippen LogP contribution in [0, 0.1) is 11.3 Å². The van der Waals surface area contributed by atoms with Gasteiger partial charge in [-0.1, -0.05) is 12.1 Å². The summed E-state index contributed by atoms with van der Waals surface area (Å²) in [5, 5.41) is 2.34.